The number of benzene rings is 1. The lowest BCUT2D eigenvalue weighted by Gasteiger charge is -2.14. The number of alkyl halides is 1. The van der Waals surface area contributed by atoms with Crippen LogP contribution in [-0.2, 0) is 0 Å². The normalized spacial score (nSPS) is 16.9. The van der Waals surface area contributed by atoms with Crippen molar-refractivity contribution in [1.29, 1.82) is 0 Å². The van der Waals surface area contributed by atoms with Gasteiger partial charge in [0.2, 0.25) is 0 Å². The first kappa shape index (κ1) is 11.7. The SMILES string of the molecule is Cc1ccc(C(=O)NC2(CCl)CC2)cc1Cl. The second-order valence-electron chi connectivity index (χ2n) is 4.33. The molecule has 1 amide bonds. The molecule has 0 aromatic heterocycles. The molecule has 0 aliphatic heterocycles. The molecule has 4 heteroatoms. The zero-order valence-corrected chi connectivity index (χ0v) is 10.5. The minimum Gasteiger partial charge on any atom is -0.345 e. The van der Waals surface area contributed by atoms with Crippen LogP contribution in [-0.4, -0.2) is 17.3 Å². The van der Waals surface area contributed by atoms with Gasteiger partial charge in [-0.05, 0) is 37.5 Å². The zero-order valence-electron chi connectivity index (χ0n) is 9.02. The van der Waals surface area contributed by atoms with Crippen molar-refractivity contribution < 1.29 is 4.79 Å². The number of carbonyl (C=O) groups excluding carboxylic acids is 1. The maximum atomic E-state index is 11.9. The molecule has 0 radical (unpaired) electrons. The predicted octanol–water partition coefficient (Wildman–Crippen LogP) is 3.15. The first-order valence-electron chi connectivity index (χ1n) is 5.21. The van der Waals surface area contributed by atoms with Gasteiger partial charge in [0.1, 0.15) is 0 Å². The van der Waals surface area contributed by atoms with E-state index in [9.17, 15) is 4.79 Å². The number of halogens is 2. The maximum absolute atomic E-state index is 11.9. The zero-order chi connectivity index (χ0) is 11.8. The fourth-order valence-corrected chi connectivity index (χ4v) is 2.00. The quantitative estimate of drug-likeness (QED) is 0.829. The Balaban J connectivity index is 2.12. The molecule has 16 heavy (non-hydrogen) atoms. The third-order valence-electron chi connectivity index (χ3n) is 2.92. The summed E-state index contributed by atoms with van der Waals surface area (Å²) >= 11 is 11.8. The number of carbonyl (C=O) groups is 1. The van der Waals surface area contributed by atoms with Gasteiger partial charge in [0.15, 0.2) is 0 Å². The third-order valence-corrected chi connectivity index (χ3v) is 3.84. The van der Waals surface area contributed by atoms with Gasteiger partial charge in [0, 0.05) is 16.5 Å². The molecular weight excluding hydrogens is 245 g/mol. The maximum Gasteiger partial charge on any atom is 0.251 e. The van der Waals surface area contributed by atoms with Gasteiger partial charge in [-0.3, -0.25) is 4.79 Å². The Bertz CT molecular complexity index is 427. The van der Waals surface area contributed by atoms with Gasteiger partial charge in [0.25, 0.3) is 5.91 Å². The topological polar surface area (TPSA) is 29.1 Å². The molecule has 1 saturated carbocycles. The Morgan fingerprint density at radius 2 is 2.19 bits per heavy atom. The molecule has 0 saturated heterocycles. The lowest BCUT2D eigenvalue weighted by atomic mass is 10.1. The highest BCUT2D eigenvalue weighted by Gasteiger charge is 2.43. The van der Waals surface area contributed by atoms with Crippen molar-refractivity contribution in [2.75, 3.05) is 5.88 Å². The standard InChI is InChI=1S/C12H13Cl2NO/c1-8-2-3-9(6-10(8)14)11(16)15-12(7-13)4-5-12/h2-3,6H,4-5,7H2,1H3,(H,15,16). The molecule has 0 bridgehead atoms. The first-order valence-corrected chi connectivity index (χ1v) is 6.12. The lowest BCUT2D eigenvalue weighted by Crippen LogP contribution is -2.38. The van der Waals surface area contributed by atoms with E-state index in [4.69, 9.17) is 23.2 Å². The molecule has 1 N–H and O–H groups in total. The number of hydrogen-bond donors (Lipinski definition) is 1. The van der Waals surface area contributed by atoms with E-state index in [1.54, 1.807) is 12.1 Å². The van der Waals surface area contributed by atoms with Crippen molar-refractivity contribution in [2.45, 2.75) is 25.3 Å². The highest BCUT2D eigenvalue weighted by atomic mass is 35.5. The molecule has 1 fully saturated rings. The van der Waals surface area contributed by atoms with E-state index >= 15 is 0 Å². The number of aryl methyl sites for hydroxylation is 1. The molecule has 2 nitrogen and oxygen atoms in total. The monoisotopic (exact) mass is 257 g/mol. The van der Waals surface area contributed by atoms with Gasteiger partial charge in [-0.2, -0.15) is 0 Å². The Morgan fingerprint density at radius 1 is 1.50 bits per heavy atom. The average Bonchev–Trinajstić information content (AvgIpc) is 3.02. The van der Waals surface area contributed by atoms with Gasteiger partial charge in [-0.1, -0.05) is 17.7 Å². The smallest absolute Gasteiger partial charge is 0.251 e. The van der Waals surface area contributed by atoms with Crippen LogP contribution in [0.15, 0.2) is 18.2 Å². The van der Waals surface area contributed by atoms with Crippen LogP contribution in [0.3, 0.4) is 0 Å². The first-order chi connectivity index (χ1) is 7.56. The number of hydrogen-bond acceptors (Lipinski definition) is 1. The lowest BCUT2D eigenvalue weighted by molar-refractivity contribution is 0.0936. The van der Waals surface area contributed by atoms with Crippen molar-refractivity contribution in [2.24, 2.45) is 0 Å². The van der Waals surface area contributed by atoms with Gasteiger partial charge in [0.05, 0.1) is 5.54 Å². The van der Waals surface area contributed by atoms with Crippen LogP contribution < -0.4 is 5.32 Å². The summed E-state index contributed by atoms with van der Waals surface area (Å²) in [6, 6.07) is 5.31. The Morgan fingerprint density at radius 3 is 2.69 bits per heavy atom. The molecule has 1 aliphatic carbocycles. The summed E-state index contributed by atoms with van der Waals surface area (Å²) in [6.07, 6.45) is 1.92. The van der Waals surface area contributed by atoms with Gasteiger partial charge in [-0.15, -0.1) is 11.6 Å². The minimum absolute atomic E-state index is 0.0972. The molecule has 0 atom stereocenters. The molecule has 2 rings (SSSR count). The summed E-state index contributed by atoms with van der Waals surface area (Å²) in [5.74, 6) is 0.373. The Labute approximate surface area is 105 Å². The molecule has 0 spiro atoms. The average molecular weight is 258 g/mol. The van der Waals surface area contributed by atoms with Gasteiger partial charge >= 0.3 is 0 Å². The number of amides is 1. The van der Waals surface area contributed by atoms with Crippen molar-refractivity contribution in [1.82, 2.24) is 5.32 Å². The summed E-state index contributed by atoms with van der Waals surface area (Å²) in [6.45, 7) is 1.91. The van der Waals surface area contributed by atoms with E-state index in [0.717, 1.165) is 18.4 Å². The second kappa shape index (κ2) is 4.27. The molecule has 86 valence electrons. The fourth-order valence-electron chi connectivity index (χ4n) is 1.49. The molecule has 0 heterocycles. The van der Waals surface area contributed by atoms with E-state index < -0.39 is 0 Å². The fraction of sp³-hybridized carbons (Fsp3) is 0.417. The molecule has 1 aliphatic rings. The van der Waals surface area contributed by atoms with E-state index in [0.29, 0.717) is 16.5 Å². The van der Waals surface area contributed by atoms with Crippen LogP contribution in [0.1, 0.15) is 28.8 Å². The van der Waals surface area contributed by atoms with E-state index in [1.165, 1.54) is 0 Å². The second-order valence-corrected chi connectivity index (χ2v) is 5.01. The molecule has 0 unspecified atom stereocenters. The van der Waals surface area contributed by atoms with Gasteiger partial charge in [-0.25, -0.2) is 0 Å². The number of nitrogens with one attached hydrogen (secondary N) is 1. The predicted molar refractivity (Wildman–Crippen MR) is 66.3 cm³/mol. The molecule has 1 aromatic carbocycles. The highest BCUT2D eigenvalue weighted by Crippen LogP contribution is 2.36. The Kier molecular flexibility index (Phi) is 3.13. The van der Waals surface area contributed by atoms with Crippen LogP contribution in [0, 0.1) is 6.92 Å². The van der Waals surface area contributed by atoms with Crippen LogP contribution in [0.5, 0.6) is 0 Å². The summed E-state index contributed by atoms with van der Waals surface area (Å²) < 4.78 is 0. The Hall–Kier alpha value is -0.730. The largest absolute Gasteiger partial charge is 0.345 e. The van der Waals surface area contributed by atoms with Crippen LogP contribution in [0.25, 0.3) is 0 Å². The van der Waals surface area contributed by atoms with Crippen LogP contribution in [0.2, 0.25) is 5.02 Å². The van der Waals surface area contributed by atoms with Crippen LogP contribution >= 0.6 is 23.2 Å². The van der Waals surface area contributed by atoms with Crippen molar-refractivity contribution in [3.63, 3.8) is 0 Å². The minimum atomic E-state index is -0.171. The summed E-state index contributed by atoms with van der Waals surface area (Å²) in [7, 11) is 0. The van der Waals surface area contributed by atoms with E-state index in [1.807, 2.05) is 13.0 Å². The van der Waals surface area contributed by atoms with Crippen molar-refractivity contribution in [3.05, 3.63) is 34.3 Å². The summed E-state index contributed by atoms with van der Waals surface area (Å²) in [4.78, 5) is 11.9. The van der Waals surface area contributed by atoms with E-state index in [2.05, 4.69) is 5.32 Å². The van der Waals surface area contributed by atoms with Crippen molar-refractivity contribution in [3.8, 4) is 0 Å². The molecular formula is C12H13Cl2NO. The molecule has 1 aromatic rings. The van der Waals surface area contributed by atoms with Gasteiger partial charge < -0.3 is 5.32 Å². The van der Waals surface area contributed by atoms with Crippen molar-refractivity contribution >= 4 is 29.1 Å². The third kappa shape index (κ3) is 2.33. The summed E-state index contributed by atoms with van der Waals surface area (Å²) in [5, 5.41) is 3.56. The van der Waals surface area contributed by atoms with Crippen LogP contribution in [0.4, 0.5) is 0 Å². The summed E-state index contributed by atoms with van der Waals surface area (Å²) in [5.41, 5.74) is 1.39. The van der Waals surface area contributed by atoms with E-state index in [-0.39, 0.29) is 11.4 Å². The number of rotatable bonds is 3. The highest BCUT2D eigenvalue weighted by molar-refractivity contribution is 6.31.